The van der Waals surface area contributed by atoms with Crippen molar-refractivity contribution in [1.82, 2.24) is 19.9 Å². The van der Waals surface area contributed by atoms with Gasteiger partial charge in [-0.25, -0.2) is 0 Å². The van der Waals surface area contributed by atoms with E-state index in [1.165, 1.54) is 5.56 Å². The van der Waals surface area contributed by atoms with Gasteiger partial charge in [-0.1, -0.05) is 25.1 Å². The monoisotopic (exact) mass is 342 g/mol. The molecule has 7 heteroatoms. The van der Waals surface area contributed by atoms with Crippen LogP contribution in [0.2, 0.25) is 0 Å². The van der Waals surface area contributed by atoms with Crippen LogP contribution in [-0.4, -0.2) is 44.7 Å². The number of aryl methyl sites for hydroxylation is 1. The average molecular weight is 342 g/mol. The number of rotatable bonds is 6. The average Bonchev–Trinajstić information content (AvgIpc) is 2.62. The predicted molar refractivity (Wildman–Crippen MR) is 98.4 cm³/mol. The van der Waals surface area contributed by atoms with Crippen LogP contribution in [0.1, 0.15) is 31.2 Å². The highest BCUT2D eigenvalue weighted by atomic mass is 16.3. The van der Waals surface area contributed by atoms with Gasteiger partial charge in [-0.2, -0.15) is 15.0 Å². The summed E-state index contributed by atoms with van der Waals surface area (Å²) in [6, 6.07) is 8.09. The van der Waals surface area contributed by atoms with Crippen molar-refractivity contribution in [2.75, 3.05) is 30.7 Å². The number of para-hydroxylation sites is 1. The van der Waals surface area contributed by atoms with Crippen LogP contribution >= 0.6 is 0 Å². The fourth-order valence-electron chi connectivity index (χ4n) is 3.28. The highest BCUT2D eigenvalue weighted by Gasteiger charge is 2.20. The largest absolute Gasteiger partial charge is 0.396 e. The molecule has 0 radical (unpaired) electrons. The van der Waals surface area contributed by atoms with Crippen LogP contribution in [0.5, 0.6) is 0 Å². The molecule has 25 heavy (non-hydrogen) atoms. The highest BCUT2D eigenvalue weighted by Crippen LogP contribution is 2.21. The minimum absolute atomic E-state index is 0.220. The molecule has 1 aliphatic rings. The normalized spacial score (nSPS) is 18.2. The van der Waals surface area contributed by atoms with Crippen LogP contribution in [0.25, 0.3) is 0 Å². The number of aliphatic hydroxyl groups excluding tert-OH is 1. The third kappa shape index (κ3) is 4.64. The van der Waals surface area contributed by atoms with Crippen molar-refractivity contribution in [2.45, 2.75) is 32.7 Å². The Labute approximate surface area is 148 Å². The van der Waals surface area contributed by atoms with Crippen molar-refractivity contribution >= 4 is 17.6 Å². The zero-order valence-corrected chi connectivity index (χ0v) is 14.6. The molecule has 1 aromatic carbocycles. The zero-order valence-electron chi connectivity index (χ0n) is 14.6. The maximum absolute atomic E-state index is 9.38. The molecule has 1 aliphatic heterocycles. The minimum Gasteiger partial charge on any atom is -0.396 e. The molecule has 0 amide bonds. The molecule has 1 unspecified atom stereocenters. The Bertz CT molecular complexity index is 708. The van der Waals surface area contributed by atoms with Crippen LogP contribution < -0.4 is 11.1 Å². The van der Waals surface area contributed by atoms with E-state index in [0.717, 1.165) is 38.0 Å². The summed E-state index contributed by atoms with van der Waals surface area (Å²) in [4.78, 5) is 15.3. The molecule has 7 nitrogen and oxygen atoms in total. The van der Waals surface area contributed by atoms with E-state index in [0.29, 0.717) is 24.2 Å². The predicted octanol–water partition coefficient (Wildman–Crippen LogP) is 1.96. The molecule has 2 aromatic rings. The van der Waals surface area contributed by atoms with Crippen LogP contribution in [0.15, 0.2) is 24.3 Å². The number of benzene rings is 1. The maximum Gasteiger partial charge on any atom is 0.232 e. The number of nitrogens with one attached hydrogen (secondary N) is 1. The first kappa shape index (κ1) is 17.6. The number of aromatic nitrogens is 3. The van der Waals surface area contributed by atoms with Crippen molar-refractivity contribution in [3.8, 4) is 0 Å². The smallest absolute Gasteiger partial charge is 0.232 e. The second kappa shape index (κ2) is 8.22. The summed E-state index contributed by atoms with van der Waals surface area (Å²) in [5.74, 6) is 1.68. The van der Waals surface area contributed by atoms with Gasteiger partial charge in [-0.05, 0) is 43.4 Å². The van der Waals surface area contributed by atoms with Crippen molar-refractivity contribution in [1.29, 1.82) is 0 Å². The van der Waals surface area contributed by atoms with E-state index in [2.05, 4.69) is 38.2 Å². The molecule has 1 atom stereocenters. The Kier molecular flexibility index (Phi) is 5.78. The Morgan fingerprint density at radius 3 is 2.92 bits per heavy atom. The molecule has 3 rings (SSSR count). The zero-order chi connectivity index (χ0) is 17.6. The Hall–Kier alpha value is -2.25. The molecule has 1 saturated heterocycles. The van der Waals surface area contributed by atoms with E-state index in [1.54, 1.807) is 0 Å². The first-order valence-electron chi connectivity index (χ1n) is 8.86. The number of likely N-dealkylation sites (tertiary alicyclic amines) is 1. The number of nitrogen functional groups attached to an aromatic ring is 1. The van der Waals surface area contributed by atoms with Crippen LogP contribution in [0, 0.1) is 5.92 Å². The SMILES string of the molecule is CCc1ccccc1Nc1nc(N)nc(CN2CCCC(CO)C2)n1. The fraction of sp³-hybridized carbons (Fsp3) is 0.500. The third-order valence-corrected chi connectivity index (χ3v) is 4.57. The molecule has 134 valence electrons. The van der Waals surface area contributed by atoms with E-state index in [-0.39, 0.29) is 12.6 Å². The van der Waals surface area contributed by atoms with Gasteiger partial charge in [0.05, 0.1) is 6.54 Å². The van der Waals surface area contributed by atoms with Gasteiger partial charge >= 0.3 is 0 Å². The molecule has 1 aromatic heterocycles. The lowest BCUT2D eigenvalue weighted by atomic mass is 9.99. The van der Waals surface area contributed by atoms with E-state index >= 15 is 0 Å². The number of piperidine rings is 1. The molecule has 2 heterocycles. The van der Waals surface area contributed by atoms with E-state index in [9.17, 15) is 5.11 Å². The van der Waals surface area contributed by atoms with Gasteiger partial charge in [0, 0.05) is 18.8 Å². The lowest BCUT2D eigenvalue weighted by molar-refractivity contribution is 0.114. The molecular formula is C18H26N6O. The Morgan fingerprint density at radius 2 is 2.12 bits per heavy atom. The summed E-state index contributed by atoms with van der Waals surface area (Å²) in [6.07, 6.45) is 3.08. The first-order valence-corrected chi connectivity index (χ1v) is 8.86. The van der Waals surface area contributed by atoms with Gasteiger partial charge in [0.1, 0.15) is 5.82 Å². The molecule has 0 spiro atoms. The first-order chi connectivity index (χ1) is 12.2. The second-order valence-electron chi connectivity index (χ2n) is 6.50. The number of nitrogens with two attached hydrogens (primary N) is 1. The number of anilines is 3. The van der Waals surface area contributed by atoms with E-state index in [4.69, 9.17) is 5.73 Å². The molecule has 1 fully saturated rings. The van der Waals surface area contributed by atoms with Gasteiger partial charge < -0.3 is 16.2 Å². The van der Waals surface area contributed by atoms with Gasteiger partial charge in [0.25, 0.3) is 0 Å². The van der Waals surface area contributed by atoms with Crippen LogP contribution in [-0.2, 0) is 13.0 Å². The van der Waals surface area contributed by atoms with Gasteiger partial charge in [-0.15, -0.1) is 0 Å². The summed E-state index contributed by atoms with van der Waals surface area (Å²) in [5.41, 5.74) is 8.07. The highest BCUT2D eigenvalue weighted by molar-refractivity contribution is 5.58. The van der Waals surface area contributed by atoms with Gasteiger partial charge in [0.15, 0.2) is 0 Å². The second-order valence-corrected chi connectivity index (χ2v) is 6.50. The lowest BCUT2D eigenvalue weighted by Gasteiger charge is -2.31. The third-order valence-electron chi connectivity index (χ3n) is 4.57. The summed E-state index contributed by atoms with van der Waals surface area (Å²) in [5, 5.41) is 12.6. The minimum atomic E-state index is 0.220. The summed E-state index contributed by atoms with van der Waals surface area (Å²) < 4.78 is 0. The summed E-state index contributed by atoms with van der Waals surface area (Å²) >= 11 is 0. The maximum atomic E-state index is 9.38. The summed E-state index contributed by atoms with van der Waals surface area (Å²) in [7, 11) is 0. The van der Waals surface area contributed by atoms with E-state index < -0.39 is 0 Å². The Morgan fingerprint density at radius 1 is 1.28 bits per heavy atom. The quantitative estimate of drug-likeness (QED) is 0.738. The van der Waals surface area contributed by atoms with Crippen LogP contribution in [0.3, 0.4) is 0 Å². The lowest BCUT2D eigenvalue weighted by Crippen LogP contribution is -2.36. The molecule has 0 aliphatic carbocycles. The number of nitrogens with zero attached hydrogens (tertiary/aromatic N) is 4. The summed E-state index contributed by atoms with van der Waals surface area (Å²) in [6.45, 7) is 4.82. The van der Waals surface area contributed by atoms with E-state index in [1.807, 2.05) is 18.2 Å². The Balaban J connectivity index is 1.74. The number of hydrogen-bond acceptors (Lipinski definition) is 7. The standard InChI is InChI=1S/C18H26N6O/c1-2-14-7-3-4-8-15(14)20-18-22-16(21-17(19)23-18)11-24-9-5-6-13(10-24)12-25/h3-4,7-8,13,25H,2,5-6,9-12H2,1H3,(H3,19,20,21,22,23). The van der Waals surface area contributed by atoms with Crippen molar-refractivity contribution < 1.29 is 5.11 Å². The van der Waals surface area contributed by atoms with Crippen molar-refractivity contribution in [2.24, 2.45) is 5.92 Å². The molecule has 4 N–H and O–H groups in total. The van der Waals surface area contributed by atoms with Crippen LogP contribution in [0.4, 0.5) is 17.6 Å². The number of hydrogen-bond donors (Lipinski definition) is 3. The molecule has 0 bridgehead atoms. The van der Waals surface area contributed by atoms with Gasteiger partial charge in [-0.3, -0.25) is 4.90 Å². The topological polar surface area (TPSA) is 100 Å². The van der Waals surface area contributed by atoms with Crippen molar-refractivity contribution in [3.05, 3.63) is 35.7 Å². The van der Waals surface area contributed by atoms with Gasteiger partial charge in [0.2, 0.25) is 11.9 Å². The molecule has 0 saturated carbocycles. The number of aliphatic hydroxyl groups is 1. The molecular weight excluding hydrogens is 316 g/mol. The van der Waals surface area contributed by atoms with Crippen molar-refractivity contribution in [3.63, 3.8) is 0 Å². The fourth-order valence-corrected chi connectivity index (χ4v) is 3.28.